The molecule has 0 aliphatic rings. The third kappa shape index (κ3) is 3.29. The number of carbonyl (C=O) groups is 1. The summed E-state index contributed by atoms with van der Waals surface area (Å²) in [7, 11) is -2.57. The van der Waals surface area contributed by atoms with Crippen molar-refractivity contribution in [3.63, 3.8) is 0 Å². The van der Waals surface area contributed by atoms with Gasteiger partial charge in [-0.3, -0.25) is 4.79 Å². The number of fused-ring (bicyclic) bond motifs is 1. The number of sulfonamides is 1. The van der Waals surface area contributed by atoms with Crippen LogP contribution in [0.5, 0.6) is 0 Å². The molecule has 0 saturated carbocycles. The number of carboxylic acids is 1. The molecule has 0 bridgehead atoms. The van der Waals surface area contributed by atoms with Crippen LogP contribution in [0.15, 0.2) is 23.1 Å². The number of hydrogen-bond acceptors (Lipinski definition) is 5. The fourth-order valence-corrected chi connectivity index (χ4v) is 4.13. The number of thiazole rings is 1. The predicted molar refractivity (Wildman–Crippen MR) is 85.8 cm³/mol. The van der Waals surface area contributed by atoms with Crippen molar-refractivity contribution in [2.24, 2.45) is 0 Å². The standard InChI is InChI=1S/C14H18N2O4S2/c1-14(2,3)13-15-10-6-5-9(7-11(10)21-13)22(19,20)16(4)8-12(17)18/h5-7H,8H2,1-4H3,(H,17,18). The van der Waals surface area contributed by atoms with E-state index in [1.165, 1.54) is 24.5 Å². The highest BCUT2D eigenvalue weighted by Crippen LogP contribution is 2.32. The first-order chi connectivity index (χ1) is 10.0. The molecule has 0 amide bonds. The molecule has 1 aromatic heterocycles. The number of likely N-dealkylation sites (N-methyl/N-ethyl adjacent to an activating group) is 1. The van der Waals surface area contributed by atoms with Gasteiger partial charge in [-0.2, -0.15) is 4.31 Å². The second kappa shape index (κ2) is 5.60. The maximum absolute atomic E-state index is 12.4. The van der Waals surface area contributed by atoms with E-state index < -0.39 is 22.5 Å². The van der Waals surface area contributed by atoms with Crippen LogP contribution in [0.4, 0.5) is 0 Å². The van der Waals surface area contributed by atoms with Crippen molar-refractivity contribution in [2.45, 2.75) is 31.1 Å². The molecule has 0 atom stereocenters. The first kappa shape index (κ1) is 16.9. The monoisotopic (exact) mass is 342 g/mol. The van der Waals surface area contributed by atoms with E-state index in [1.54, 1.807) is 12.1 Å². The van der Waals surface area contributed by atoms with Gasteiger partial charge in [0.15, 0.2) is 0 Å². The summed E-state index contributed by atoms with van der Waals surface area (Å²) < 4.78 is 26.3. The van der Waals surface area contributed by atoms with E-state index in [0.717, 1.165) is 19.5 Å². The van der Waals surface area contributed by atoms with Gasteiger partial charge in [-0.05, 0) is 18.2 Å². The van der Waals surface area contributed by atoms with Crippen LogP contribution in [0, 0.1) is 0 Å². The molecule has 0 aliphatic carbocycles. The molecule has 6 nitrogen and oxygen atoms in total. The zero-order valence-electron chi connectivity index (χ0n) is 12.8. The van der Waals surface area contributed by atoms with E-state index in [-0.39, 0.29) is 10.3 Å². The SMILES string of the molecule is CN(CC(=O)O)S(=O)(=O)c1ccc2nc(C(C)(C)C)sc2c1. The number of nitrogens with zero attached hydrogens (tertiary/aromatic N) is 2. The molecular weight excluding hydrogens is 324 g/mol. The Hall–Kier alpha value is -1.51. The predicted octanol–water partition coefficient (Wildman–Crippen LogP) is 2.30. The summed E-state index contributed by atoms with van der Waals surface area (Å²) in [5.41, 5.74) is 0.637. The van der Waals surface area contributed by atoms with Crippen LogP contribution < -0.4 is 0 Å². The smallest absolute Gasteiger partial charge is 0.318 e. The molecule has 0 unspecified atom stereocenters. The van der Waals surface area contributed by atoms with Gasteiger partial charge in [0.05, 0.1) is 20.1 Å². The third-order valence-electron chi connectivity index (χ3n) is 3.07. The summed E-state index contributed by atoms with van der Waals surface area (Å²) in [6, 6.07) is 4.67. The van der Waals surface area contributed by atoms with Crippen LogP contribution in [-0.4, -0.2) is 42.4 Å². The van der Waals surface area contributed by atoms with E-state index in [9.17, 15) is 13.2 Å². The van der Waals surface area contributed by atoms with Crippen molar-refractivity contribution in [1.82, 2.24) is 9.29 Å². The highest BCUT2D eigenvalue weighted by atomic mass is 32.2. The average Bonchev–Trinajstić information content (AvgIpc) is 2.80. The highest BCUT2D eigenvalue weighted by Gasteiger charge is 2.24. The molecule has 1 aromatic carbocycles. The molecule has 0 aliphatic heterocycles. The Morgan fingerprint density at radius 2 is 2.00 bits per heavy atom. The van der Waals surface area contributed by atoms with Gasteiger partial charge in [0.2, 0.25) is 10.0 Å². The summed E-state index contributed by atoms with van der Waals surface area (Å²) >= 11 is 1.45. The lowest BCUT2D eigenvalue weighted by atomic mass is 9.98. The molecule has 0 saturated heterocycles. The Balaban J connectivity index is 2.47. The molecule has 22 heavy (non-hydrogen) atoms. The molecule has 1 N–H and O–H groups in total. The van der Waals surface area contributed by atoms with Gasteiger partial charge in [-0.1, -0.05) is 20.8 Å². The van der Waals surface area contributed by atoms with Gasteiger partial charge in [0, 0.05) is 12.5 Å². The summed E-state index contributed by atoms with van der Waals surface area (Å²) in [4.78, 5) is 15.3. The lowest BCUT2D eigenvalue weighted by Gasteiger charge is -2.14. The fraction of sp³-hybridized carbons (Fsp3) is 0.429. The quantitative estimate of drug-likeness (QED) is 0.921. The van der Waals surface area contributed by atoms with E-state index in [1.807, 2.05) is 20.8 Å². The van der Waals surface area contributed by atoms with E-state index in [4.69, 9.17) is 5.11 Å². The first-order valence-electron chi connectivity index (χ1n) is 6.61. The topological polar surface area (TPSA) is 87.6 Å². The van der Waals surface area contributed by atoms with Gasteiger partial charge >= 0.3 is 5.97 Å². The van der Waals surface area contributed by atoms with E-state index >= 15 is 0 Å². The maximum Gasteiger partial charge on any atom is 0.318 e. The van der Waals surface area contributed by atoms with Crippen molar-refractivity contribution in [3.8, 4) is 0 Å². The summed E-state index contributed by atoms with van der Waals surface area (Å²) in [6.07, 6.45) is 0. The number of benzene rings is 1. The molecule has 0 fully saturated rings. The molecule has 120 valence electrons. The van der Waals surface area contributed by atoms with Crippen LogP contribution in [0.1, 0.15) is 25.8 Å². The van der Waals surface area contributed by atoms with Gasteiger partial charge < -0.3 is 5.11 Å². The molecule has 0 radical (unpaired) electrons. The van der Waals surface area contributed by atoms with E-state index in [0.29, 0.717) is 0 Å². The zero-order chi connectivity index (χ0) is 16.7. The van der Waals surface area contributed by atoms with Crippen LogP contribution in [0.2, 0.25) is 0 Å². The Morgan fingerprint density at radius 1 is 1.36 bits per heavy atom. The normalized spacial score (nSPS) is 13.0. The zero-order valence-corrected chi connectivity index (χ0v) is 14.5. The second-order valence-electron chi connectivity index (χ2n) is 6.05. The highest BCUT2D eigenvalue weighted by molar-refractivity contribution is 7.89. The first-order valence-corrected chi connectivity index (χ1v) is 8.86. The van der Waals surface area contributed by atoms with Crippen LogP contribution in [-0.2, 0) is 20.2 Å². The summed E-state index contributed by atoms with van der Waals surface area (Å²) in [5.74, 6) is -1.19. The molecular formula is C14H18N2O4S2. The molecule has 2 aromatic rings. The third-order valence-corrected chi connectivity index (χ3v) is 6.31. The van der Waals surface area contributed by atoms with Crippen LogP contribution in [0.25, 0.3) is 10.2 Å². The Bertz CT molecular complexity index is 819. The number of hydrogen-bond donors (Lipinski definition) is 1. The largest absolute Gasteiger partial charge is 0.480 e. The van der Waals surface area contributed by atoms with Crippen molar-refractivity contribution < 1.29 is 18.3 Å². The lowest BCUT2D eigenvalue weighted by molar-refractivity contribution is -0.137. The molecule has 0 spiro atoms. The average molecular weight is 342 g/mol. The number of aliphatic carboxylic acids is 1. The lowest BCUT2D eigenvalue weighted by Crippen LogP contribution is -2.31. The summed E-state index contributed by atoms with van der Waals surface area (Å²) in [6.45, 7) is 5.56. The minimum absolute atomic E-state index is 0.0767. The van der Waals surface area contributed by atoms with Crippen LogP contribution in [0.3, 0.4) is 0 Å². The summed E-state index contributed by atoms with van der Waals surface area (Å²) in [5, 5.41) is 9.67. The molecule has 1 heterocycles. The van der Waals surface area contributed by atoms with E-state index in [2.05, 4.69) is 4.98 Å². The molecule has 8 heteroatoms. The minimum Gasteiger partial charge on any atom is -0.480 e. The number of rotatable bonds is 4. The van der Waals surface area contributed by atoms with Crippen molar-refractivity contribution in [2.75, 3.05) is 13.6 Å². The maximum atomic E-state index is 12.4. The number of carboxylic acid groups (broad SMARTS) is 1. The minimum atomic E-state index is -3.82. The Kier molecular flexibility index (Phi) is 4.29. The fourth-order valence-electron chi connectivity index (χ4n) is 1.84. The Labute approximate surface area is 133 Å². The van der Waals surface area contributed by atoms with Gasteiger partial charge in [-0.25, -0.2) is 13.4 Å². The van der Waals surface area contributed by atoms with Gasteiger partial charge in [0.25, 0.3) is 0 Å². The van der Waals surface area contributed by atoms with Gasteiger partial charge in [0.1, 0.15) is 6.54 Å². The second-order valence-corrected chi connectivity index (χ2v) is 9.13. The number of aromatic nitrogens is 1. The van der Waals surface area contributed by atoms with Crippen molar-refractivity contribution in [1.29, 1.82) is 0 Å². The van der Waals surface area contributed by atoms with Crippen molar-refractivity contribution in [3.05, 3.63) is 23.2 Å². The Morgan fingerprint density at radius 3 is 2.55 bits per heavy atom. The molecule has 2 rings (SSSR count). The van der Waals surface area contributed by atoms with Gasteiger partial charge in [-0.15, -0.1) is 11.3 Å². The van der Waals surface area contributed by atoms with Crippen LogP contribution >= 0.6 is 11.3 Å². The van der Waals surface area contributed by atoms with Crippen molar-refractivity contribution >= 4 is 37.5 Å².